The summed E-state index contributed by atoms with van der Waals surface area (Å²) >= 11 is 0. The molecule has 0 unspecified atom stereocenters. The van der Waals surface area contributed by atoms with Crippen LogP contribution in [0.3, 0.4) is 0 Å². The standard InChI is InChI=1S/C125H87N5O2/c1-124(2)99-60-35-58-97(119(99)131-121-101(124)62-37-75-126-121)80-65-71-92(72-66-80)117-112(87-48-24-10-25-49-87)114(89-52-28-12-29-53-89)118(115(90-54-30-13-31-55-90)113(117)88-50-26-11-27-51-88)94-56-34-57-96(76-94)129-104-63-32-33-64-105(104)130-106-78-93(73-74-103(106)128-123(129)130)95-77-102-122(127-79-95)132-120-98(59-36-61-100(120)125(102,3)4)81-67-69-91(70-68-81)116-110(85-44-20-8-21-45-85)108(83-40-16-6-17-41-83)107(82-38-14-5-15-39-82)109(84-42-18-7-19-43-84)111(116)86-46-22-9-23-47-86/h5-79H,1-4H3. The molecule has 4 aromatic heterocycles. The zero-order valence-electron chi connectivity index (χ0n) is 73.4. The summed E-state index contributed by atoms with van der Waals surface area (Å²) in [5, 5.41) is 0. The molecule has 0 N–H and O–H groups in total. The van der Waals surface area contributed by atoms with Crippen LogP contribution in [-0.4, -0.2) is 23.9 Å². The van der Waals surface area contributed by atoms with E-state index >= 15 is 0 Å². The topological polar surface area (TPSA) is 66.5 Å². The van der Waals surface area contributed by atoms with Gasteiger partial charge in [-0.2, -0.15) is 0 Å². The number of aromatic nitrogens is 5. The molecule has 22 aromatic rings. The van der Waals surface area contributed by atoms with E-state index < -0.39 is 5.41 Å². The third kappa shape index (κ3) is 13.1. The van der Waals surface area contributed by atoms with Crippen LogP contribution in [0.5, 0.6) is 23.3 Å². The molecular weight excluding hydrogens is 1600 g/mol. The van der Waals surface area contributed by atoms with Crippen LogP contribution in [0, 0.1) is 0 Å². The van der Waals surface area contributed by atoms with Crippen molar-refractivity contribution in [2.24, 2.45) is 0 Å². The van der Waals surface area contributed by atoms with E-state index in [1.54, 1.807) is 0 Å². The number of hydrogen-bond acceptors (Lipinski definition) is 5. The number of para-hydroxylation sites is 4. The lowest BCUT2D eigenvalue weighted by Gasteiger charge is -2.35. The second kappa shape index (κ2) is 32.2. The van der Waals surface area contributed by atoms with Gasteiger partial charge in [0, 0.05) is 67.9 Å². The molecule has 0 bridgehead atoms. The molecule has 0 saturated carbocycles. The Labute approximate surface area is 767 Å². The number of rotatable bonds is 16. The maximum absolute atomic E-state index is 7.23. The average Bonchev–Trinajstić information content (AvgIpc) is 1.28. The Morgan fingerprint density at radius 2 is 0.530 bits per heavy atom. The molecule has 0 spiro atoms. The Morgan fingerprint density at radius 1 is 0.220 bits per heavy atom. The summed E-state index contributed by atoms with van der Waals surface area (Å²) < 4.78 is 18.7. The second-order valence-electron chi connectivity index (χ2n) is 35.5. The molecule has 0 saturated heterocycles. The highest BCUT2D eigenvalue weighted by Gasteiger charge is 2.40. The number of nitrogens with zero attached hydrogens (tertiary/aromatic N) is 5. The van der Waals surface area contributed by atoms with Gasteiger partial charge in [0.2, 0.25) is 17.5 Å². The first kappa shape index (κ1) is 78.6. The van der Waals surface area contributed by atoms with Crippen LogP contribution in [-0.2, 0) is 10.8 Å². The number of imidazole rings is 2. The van der Waals surface area contributed by atoms with E-state index in [-0.39, 0.29) is 5.41 Å². The lowest BCUT2D eigenvalue weighted by Crippen LogP contribution is -2.25. The molecule has 0 fully saturated rings. The Bertz CT molecular complexity index is 8010. The van der Waals surface area contributed by atoms with Gasteiger partial charge in [-0.05, 0) is 199 Å². The summed E-state index contributed by atoms with van der Waals surface area (Å²) in [5.74, 6) is 3.67. The van der Waals surface area contributed by atoms with E-state index in [0.717, 1.165) is 206 Å². The minimum Gasteiger partial charge on any atom is -0.438 e. The fourth-order valence-electron chi connectivity index (χ4n) is 21.0. The molecule has 0 aliphatic carbocycles. The SMILES string of the molecule is CC1(C)c2cccnc2Oc2c(-c3ccc(-c4c(-c5ccccc5)c(-c5ccccc5)c(-c5cccc(-n6c7ccccc7n7c8cc(-c9cnc%10c(c9)C(C)(C)c9cccc(-c%11ccc(-c%12c(-c%13ccccc%13)c(-c%13ccccc%13)c(-c%13ccccc%13)c(-c%13ccccc%13)c%12-c%12ccccc%12)cc%11)c9O%10)ccc8nc67)c5)c(-c5ccccc5)c4-c4ccccc4)cc3)cccc21. The minimum atomic E-state index is -0.523. The molecule has 0 amide bonds. The van der Waals surface area contributed by atoms with Crippen molar-refractivity contribution in [2.45, 2.75) is 38.5 Å². The van der Waals surface area contributed by atoms with E-state index in [0.29, 0.717) is 11.8 Å². The summed E-state index contributed by atoms with van der Waals surface area (Å²) in [7, 11) is 0. The molecule has 2 aliphatic rings. The van der Waals surface area contributed by atoms with E-state index in [1.807, 2.05) is 18.5 Å². The molecule has 0 radical (unpaired) electrons. The zero-order valence-corrected chi connectivity index (χ0v) is 73.4. The zero-order chi connectivity index (χ0) is 88.1. The number of benzene rings is 18. The van der Waals surface area contributed by atoms with Crippen molar-refractivity contribution < 1.29 is 9.47 Å². The van der Waals surface area contributed by atoms with Gasteiger partial charge in [0.25, 0.3) is 0 Å². The molecule has 7 nitrogen and oxygen atoms in total. The highest BCUT2D eigenvalue weighted by Crippen LogP contribution is 2.61. The fraction of sp³-hybridized carbons (Fsp3) is 0.0480. The first-order valence-electron chi connectivity index (χ1n) is 45.4. The van der Waals surface area contributed by atoms with E-state index in [4.69, 9.17) is 24.4 Å². The van der Waals surface area contributed by atoms with Gasteiger partial charge in [-0.3, -0.25) is 8.97 Å². The first-order chi connectivity index (χ1) is 65.1. The highest BCUT2D eigenvalue weighted by molar-refractivity contribution is 6.17. The summed E-state index contributed by atoms with van der Waals surface area (Å²) in [4.78, 5) is 15.7. The quantitative estimate of drug-likeness (QED) is 0.0964. The maximum Gasteiger partial charge on any atom is 0.223 e. The van der Waals surface area contributed by atoms with Crippen LogP contribution in [0.15, 0.2) is 455 Å². The fourth-order valence-corrected chi connectivity index (χ4v) is 21.0. The molecule has 7 heteroatoms. The normalized spacial score (nSPS) is 12.8. The predicted octanol–water partition coefficient (Wildman–Crippen LogP) is 33.1. The van der Waals surface area contributed by atoms with Crippen molar-refractivity contribution in [3.8, 4) is 196 Å². The molecule has 6 heterocycles. The van der Waals surface area contributed by atoms with Gasteiger partial charge in [0.1, 0.15) is 11.5 Å². The molecule has 24 rings (SSSR count). The largest absolute Gasteiger partial charge is 0.438 e. The van der Waals surface area contributed by atoms with Gasteiger partial charge >= 0.3 is 0 Å². The van der Waals surface area contributed by atoms with Crippen molar-refractivity contribution in [1.29, 1.82) is 0 Å². The van der Waals surface area contributed by atoms with Gasteiger partial charge in [0.05, 0.1) is 22.1 Å². The van der Waals surface area contributed by atoms with E-state index in [2.05, 4.69) is 473 Å². The van der Waals surface area contributed by atoms with Crippen molar-refractivity contribution in [3.05, 3.63) is 477 Å². The Balaban J connectivity index is 0.621. The molecular formula is C125H87N5O2. The number of fused-ring (bicyclic) bond motifs is 9. The van der Waals surface area contributed by atoms with Crippen molar-refractivity contribution in [3.63, 3.8) is 0 Å². The summed E-state index contributed by atoms with van der Waals surface area (Å²) in [6, 6.07) is 161. The summed E-state index contributed by atoms with van der Waals surface area (Å²) in [5.41, 5.74) is 41.5. The van der Waals surface area contributed by atoms with E-state index in [1.165, 1.54) is 27.8 Å². The molecule has 624 valence electrons. The van der Waals surface area contributed by atoms with Crippen LogP contribution in [0.1, 0.15) is 49.9 Å². The minimum absolute atomic E-state index is 0.329. The van der Waals surface area contributed by atoms with Crippen LogP contribution in [0.4, 0.5) is 0 Å². The Morgan fingerprint density at radius 3 is 0.924 bits per heavy atom. The molecule has 0 atom stereocenters. The number of hydrogen-bond donors (Lipinski definition) is 0. The summed E-state index contributed by atoms with van der Waals surface area (Å²) in [6.07, 6.45) is 3.79. The van der Waals surface area contributed by atoms with Crippen LogP contribution < -0.4 is 9.47 Å². The first-order valence-corrected chi connectivity index (χ1v) is 45.4. The van der Waals surface area contributed by atoms with Crippen LogP contribution >= 0.6 is 0 Å². The van der Waals surface area contributed by atoms with Crippen molar-refractivity contribution in [1.82, 2.24) is 23.9 Å². The second-order valence-corrected chi connectivity index (χ2v) is 35.5. The smallest absolute Gasteiger partial charge is 0.223 e. The lowest BCUT2D eigenvalue weighted by atomic mass is 9.74. The summed E-state index contributed by atoms with van der Waals surface area (Å²) in [6.45, 7) is 9.14. The third-order valence-electron chi connectivity index (χ3n) is 27.2. The van der Waals surface area contributed by atoms with Gasteiger partial charge < -0.3 is 9.47 Å². The van der Waals surface area contributed by atoms with Crippen molar-refractivity contribution in [2.75, 3.05) is 0 Å². The molecule has 132 heavy (non-hydrogen) atoms. The molecule has 2 aliphatic heterocycles. The molecule has 18 aromatic carbocycles. The Kier molecular flexibility index (Phi) is 19.1. The van der Waals surface area contributed by atoms with Gasteiger partial charge in [-0.1, -0.05) is 422 Å². The third-order valence-corrected chi connectivity index (χ3v) is 27.2. The number of ether oxygens (including phenoxy) is 2. The Hall–Kier alpha value is -16.9. The number of pyridine rings is 2. The van der Waals surface area contributed by atoms with Gasteiger partial charge in [-0.25, -0.2) is 15.0 Å². The lowest BCUT2D eigenvalue weighted by molar-refractivity contribution is 0.403. The predicted molar refractivity (Wildman–Crippen MR) is 544 cm³/mol. The van der Waals surface area contributed by atoms with Crippen LogP contribution in [0.2, 0.25) is 0 Å². The highest BCUT2D eigenvalue weighted by atomic mass is 16.5. The van der Waals surface area contributed by atoms with Crippen molar-refractivity contribution >= 4 is 27.8 Å². The average molecular weight is 1690 g/mol. The van der Waals surface area contributed by atoms with Crippen LogP contribution in [0.25, 0.3) is 200 Å². The van der Waals surface area contributed by atoms with Gasteiger partial charge in [0.15, 0.2) is 0 Å². The van der Waals surface area contributed by atoms with Gasteiger partial charge in [-0.15, -0.1) is 0 Å². The van der Waals surface area contributed by atoms with E-state index in [9.17, 15) is 0 Å². The monoisotopic (exact) mass is 1690 g/mol. The maximum atomic E-state index is 7.23.